The van der Waals surface area contributed by atoms with Gasteiger partial charge in [0.15, 0.2) is 0 Å². The van der Waals surface area contributed by atoms with E-state index in [1.54, 1.807) is 24.4 Å². The minimum Gasteiger partial charge on any atom is -0.497 e. The Bertz CT molecular complexity index is 649. The number of pyridine rings is 1. The number of hydrogen-bond acceptors (Lipinski definition) is 4. The Morgan fingerprint density at radius 1 is 1.30 bits per heavy atom. The summed E-state index contributed by atoms with van der Waals surface area (Å²) >= 11 is 0. The fourth-order valence-electron chi connectivity index (χ4n) is 2.79. The molecule has 2 unspecified atom stereocenters. The van der Waals surface area contributed by atoms with Crippen molar-refractivity contribution in [3.8, 4) is 5.75 Å². The SMILES string of the molecule is COc1ccc(CN2C(=O)C(O)CC2c2cccnc2)cc1.[Ac]. The van der Waals surface area contributed by atoms with Gasteiger partial charge in [-0.15, -0.1) is 0 Å². The number of likely N-dealkylation sites (tertiary alicyclic amines) is 1. The first kappa shape index (κ1) is 18.4. The van der Waals surface area contributed by atoms with Gasteiger partial charge in [-0.05, 0) is 29.3 Å². The van der Waals surface area contributed by atoms with Crippen molar-refractivity contribution in [1.82, 2.24) is 9.88 Å². The molecule has 117 valence electrons. The molecule has 2 atom stereocenters. The number of methoxy groups -OCH3 is 1. The molecule has 6 heteroatoms. The molecule has 1 aromatic heterocycles. The number of nitrogens with zero attached hydrogens (tertiary/aromatic N) is 2. The Morgan fingerprint density at radius 3 is 2.65 bits per heavy atom. The average Bonchev–Trinajstić information content (AvgIpc) is 2.85. The van der Waals surface area contributed by atoms with E-state index in [2.05, 4.69) is 4.98 Å². The van der Waals surface area contributed by atoms with Gasteiger partial charge in [0.1, 0.15) is 11.9 Å². The number of aliphatic hydroxyl groups excluding tert-OH is 1. The third-order valence-corrected chi connectivity index (χ3v) is 3.97. The molecule has 2 heterocycles. The molecule has 5 nitrogen and oxygen atoms in total. The van der Waals surface area contributed by atoms with Gasteiger partial charge in [-0.1, -0.05) is 18.2 Å². The van der Waals surface area contributed by atoms with E-state index in [1.807, 2.05) is 36.4 Å². The molecule has 1 saturated heterocycles. The number of carbonyl (C=O) groups excluding carboxylic acids is 1. The van der Waals surface area contributed by atoms with Crippen molar-refractivity contribution in [1.29, 1.82) is 0 Å². The summed E-state index contributed by atoms with van der Waals surface area (Å²) in [6.07, 6.45) is 2.91. The monoisotopic (exact) mass is 525 g/mol. The molecule has 0 saturated carbocycles. The second-order valence-corrected chi connectivity index (χ2v) is 5.37. The summed E-state index contributed by atoms with van der Waals surface area (Å²) in [6.45, 7) is 0.458. The fourth-order valence-corrected chi connectivity index (χ4v) is 2.79. The van der Waals surface area contributed by atoms with Crippen LogP contribution >= 0.6 is 0 Å². The summed E-state index contributed by atoms with van der Waals surface area (Å²) in [7, 11) is 1.62. The van der Waals surface area contributed by atoms with E-state index >= 15 is 0 Å². The Labute approximate surface area is 171 Å². The molecule has 0 spiro atoms. The van der Waals surface area contributed by atoms with Crippen LogP contribution in [0.15, 0.2) is 48.8 Å². The van der Waals surface area contributed by atoms with Crippen LogP contribution in [-0.2, 0) is 11.3 Å². The molecule has 3 rings (SSSR count). The van der Waals surface area contributed by atoms with Crippen LogP contribution in [0.1, 0.15) is 23.6 Å². The Morgan fingerprint density at radius 2 is 2.04 bits per heavy atom. The minimum atomic E-state index is -0.941. The summed E-state index contributed by atoms with van der Waals surface area (Å²) in [4.78, 5) is 18.1. The van der Waals surface area contributed by atoms with Crippen molar-refractivity contribution in [3.05, 3.63) is 59.9 Å². The van der Waals surface area contributed by atoms with Crippen LogP contribution in [0.2, 0.25) is 0 Å². The van der Waals surface area contributed by atoms with Gasteiger partial charge in [0, 0.05) is 69.4 Å². The van der Waals surface area contributed by atoms with Crippen LogP contribution in [0.5, 0.6) is 5.75 Å². The maximum absolute atomic E-state index is 12.2. The second-order valence-electron chi connectivity index (χ2n) is 5.37. The second kappa shape index (κ2) is 8.23. The van der Waals surface area contributed by atoms with Gasteiger partial charge in [-0.25, -0.2) is 0 Å². The largest absolute Gasteiger partial charge is 0.497 e. The molecule has 1 amide bonds. The maximum Gasteiger partial charge on any atom is 0.252 e. The molecular weight excluding hydrogens is 507 g/mol. The molecule has 1 fully saturated rings. The molecule has 1 N–H and O–H groups in total. The van der Waals surface area contributed by atoms with E-state index in [4.69, 9.17) is 4.74 Å². The molecule has 23 heavy (non-hydrogen) atoms. The molecule has 1 radical (unpaired) electrons. The van der Waals surface area contributed by atoms with Gasteiger partial charge in [0.2, 0.25) is 0 Å². The quantitative estimate of drug-likeness (QED) is 0.663. The number of benzene rings is 1. The fraction of sp³-hybridized carbons (Fsp3) is 0.294. The number of hydrogen-bond donors (Lipinski definition) is 1. The van der Waals surface area contributed by atoms with E-state index in [0.717, 1.165) is 16.9 Å². The number of aromatic nitrogens is 1. The third kappa shape index (κ3) is 4.12. The van der Waals surface area contributed by atoms with Crippen LogP contribution in [0.25, 0.3) is 0 Å². The summed E-state index contributed by atoms with van der Waals surface area (Å²) in [5, 5.41) is 9.93. The Balaban J connectivity index is 0.00000192. The van der Waals surface area contributed by atoms with Crippen molar-refractivity contribution in [3.63, 3.8) is 0 Å². The number of rotatable bonds is 4. The van der Waals surface area contributed by atoms with Crippen molar-refractivity contribution in [2.45, 2.75) is 25.1 Å². The first-order valence-electron chi connectivity index (χ1n) is 7.20. The van der Waals surface area contributed by atoms with Crippen LogP contribution < -0.4 is 4.74 Å². The zero-order chi connectivity index (χ0) is 15.5. The van der Waals surface area contributed by atoms with Crippen LogP contribution in [0, 0.1) is 44.1 Å². The summed E-state index contributed by atoms with van der Waals surface area (Å²) in [6, 6.07) is 11.2. The van der Waals surface area contributed by atoms with Gasteiger partial charge < -0.3 is 14.7 Å². The first-order chi connectivity index (χ1) is 10.7. The van der Waals surface area contributed by atoms with Gasteiger partial charge in [0.05, 0.1) is 13.2 Å². The number of ether oxygens (including phenoxy) is 1. The van der Waals surface area contributed by atoms with E-state index in [-0.39, 0.29) is 56.0 Å². The van der Waals surface area contributed by atoms with E-state index < -0.39 is 6.10 Å². The molecule has 2 aromatic rings. The van der Waals surface area contributed by atoms with E-state index in [1.165, 1.54) is 0 Å². The van der Waals surface area contributed by atoms with E-state index in [0.29, 0.717) is 13.0 Å². The van der Waals surface area contributed by atoms with Crippen molar-refractivity contribution in [2.75, 3.05) is 7.11 Å². The molecule has 0 bridgehead atoms. The Kier molecular flexibility index (Phi) is 6.58. The standard InChI is InChI=1S/C17H18N2O3.Ac/c1-22-14-6-4-12(5-7-14)11-19-15(9-16(20)17(19)21)13-3-2-8-18-10-13;/h2-8,10,15-16,20H,9,11H2,1H3;. The summed E-state index contributed by atoms with van der Waals surface area (Å²) in [5.74, 6) is 0.546. The average molecular weight is 525 g/mol. The smallest absolute Gasteiger partial charge is 0.252 e. The van der Waals surface area contributed by atoms with Gasteiger partial charge in [-0.2, -0.15) is 0 Å². The van der Waals surface area contributed by atoms with Crippen LogP contribution in [0.4, 0.5) is 0 Å². The van der Waals surface area contributed by atoms with Crippen molar-refractivity contribution >= 4 is 5.91 Å². The Hall–Kier alpha value is -0.958. The molecule has 1 aliphatic rings. The topological polar surface area (TPSA) is 62.7 Å². The maximum atomic E-state index is 12.2. The van der Waals surface area contributed by atoms with E-state index in [9.17, 15) is 9.90 Å². The van der Waals surface area contributed by atoms with Gasteiger partial charge >= 0.3 is 0 Å². The summed E-state index contributed by atoms with van der Waals surface area (Å²) in [5.41, 5.74) is 1.94. The van der Waals surface area contributed by atoms with Crippen LogP contribution in [0.3, 0.4) is 0 Å². The zero-order valence-corrected chi connectivity index (χ0v) is 17.7. The van der Waals surface area contributed by atoms with Gasteiger partial charge in [-0.3, -0.25) is 9.78 Å². The number of amides is 1. The van der Waals surface area contributed by atoms with Crippen LogP contribution in [-0.4, -0.2) is 34.1 Å². The predicted octanol–water partition coefficient (Wildman–Crippen LogP) is 1.92. The molecule has 1 aliphatic heterocycles. The third-order valence-electron chi connectivity index (χ3n) is 3.97. The molecule has 1 aromatic carbocycles. The molecular formula is C17H18AcN2O3. The minimum absolute atomic E-state index is 0. The van der Waals surface area contributed by atoms with Crippen molar-refractivity contribution < 1.29 is 58.7 Å². The normalized spacial score (nSPS) is 20.3. The van der Waals surface area contributed by atoms with Gasteiger partial charge in [0.25, 0.3) is 5.91 Å². The summed E-state index contributed by atoms with van der Waals surface area (Å²) < 4.78 is 5.14. The first-order valence-corrected chi connectivity index (χ1v) is 7.20. The van der Waals surface area contributed by atoms with Crippen molar-refractivity contribution in [2.24, 2.45) is 0 Å². The number of carbonyl (C=O) groups is 1. The molecule has 0 aliphatic carbocycles. The number of aliphatic hydroxyl groups is 1. The zero-order valence-electron chi connectivity index (χ0n) is 12.9. The predicted molar refractivity (Wildman–Crippen MR) is 81.1 cm³/mol.